The maximum atomic E-state index is 12.1. The zero-order valence-electron chi connectivity index (χ0n) is 6.85. The Labute approximate surface area is 72.8 Å². The molecule has 0 aromatic rings. The van der Waals surface area contributed by atoms with Gasteiger partial charge < -0.3 is 11.1 Å². The topological polar surface area (TPSA) is 55.1 Å². The molecule has 0 bridgehead atoms. The number of allylic oxidation sites excluding steroid dienone is 1. The maximum Gasteiger partial charge on any atom is 0.431 e. The zero-order chi connectivity index (χ0) is 10.2. The number of ketones is 1. The number of nitrogens with one attached hydrogen (secondary N) is 1. The normalized spacial score (nSPS) is 29.6. The van der Waals surface area contributed by atoms with Gasteiger partial charge in [-0.1, -0.05) is 0 Å². The summed E-state index contributed by atoms with van der Waals surface area (Å²) in [5.74, 6) is -0.696. The highest BCUT2D eigenvalue weighted by atomic mass is 19.4. The van der Waals surface area contributed by atoms with E-state index in [1.54, 1.807) is 0 Å². The van der Waals surface area contributed by atoms with Gasteiger partial charge in [-0.15, -0.1) is 0 Å². The first-order valence-corrected chi connectivity index (χ1v) is 3.67. The molecular weight excluding hydrogens is 185 g/mol. The van der Waals surface area contributed by atoms with E-state index in [4.69, 9.17) is 5.73 Å². The number of alkyl halides is 3. The summed E-state index contributed by atoms with van der Waals surface area (Å²) >= 11 is 0. The summed E-state index contributed by atoms with van der Waals surface area (Å²) in [4.78, 5) is 10.9. The number of rotatable bonds is 0. The predicted molar refractivity (Wildman–Crippen MR) is 39.7 cm³/mol. The Morgan fingerprint density at radius 2 is 2.08 bits per heavy atom. The van der Waals surface area contributed by atoms with Crippen LogP contribution in [0, 0.1) is 0 Å². The number of carbonyl (C=O) groups excluding carboxylic acids is 1. The number of halogens is 3. The van der Waals surface area contributed by atoms with Gasteiger partial charge in [0.15, 0.2) is 5.78 Å². The van der Waals surface area contributed by atoms with E-state index in [0.29, 0.717) is 6.08 Å². The van der Waals surface area contributed by atoms with E-state index >= 15 is 0 Å². The molecular formula is C7H9F3N2O. The number of nitrogens with two attached hydrogens (primary N) is 1. The predicted octanol–water partition coefficient (Wildman–Crippen LogP) is 0.321. The van der Waals surface area contributed by atoms with E-state index in [9.17, 15) is 18.0 Å². The summed E-state index contributed by atoms with van der Waals surface area (Å²) in [5, 5.41) is 2.13. The minimum atomic E-state index is -4.51. The molecule has 0 spiro atoms. The highest BCUT2D eigenvalue weighted by Gasteiger charge is 2.39. The lowest BCUT2D eigenvalue weighted by Crippen LogP contribution is -2.52. The summed E-state index contributed by atoms with van der Waals surface area (Å²) in [6.07, 6.45) is -4.01. The summed E-state index contributed by atoms with van der Waals surface area (Å²) in [7, 11) is 0. The van der Waals surface area contributed by atoms with Crippen LogP contribution in [-0.4, -0.2) is 24.0 Å². The van der Waals surface area contributed by atoms with Crippen molar-refractivity contribution in [3.8, 4) is 0 Å². The van der Waals surface area contributed by atoms with Crippen molar-refractivity contribution >= 4 is 5.78 Å². The van der Waals surface area contributed by atoms with Gasteiger partial charge in [0.25, 0.3) is 0 Å². The van der Waals surface area contributed by atoms with E-state index in [1.165, 1.54) is 6.92 Å². The van der Waals surface area contributed by atoms with Crippen molar-refractivity contribution in [2.45, 2.75) is 25.2 Å². The van der Waals surface area contributed by atoms with Gasteiger partial charge in [0, 0.05) is 12.1 Å². The van der Waals surface area contributed by atoms with Crippen LogP contribution >= 0.6 is 0 Å². The van der Waals surface area contributed by atoms with E-state index in [1.807, 2.05) is 0 Å². The first-order valence-electron chi connectivity index (χ1n) is 3.67. The summed E-state index contributed by atoms with van der Waals surface area (Å²) < 4.78 is 36.3. The van der Waals surface area contributed by atoms with E-state index in [2.05, 4.69) is 5.32 Å². The lowest BCUT2D eigenvalue weighted by Gasteiger charge is -2.27. The van der Waals surface area contributed by atoms with E-state index in [-0.39, 0.29) is 0 Å². The van der Waals surface area contributed by atoms with Crippen molar-refractivity contribution in [2.75, 3.05) is 0 Å². The van der Waals surface area contributed by atoms with E-state index in [0.717, 1.165) is 0 Å². The van der Waals surface area contributed by atoms with Gasteiger partial charge in [-0.2, -0.15) is 13.2 Å². The Kier molecular flexibility index (Phi) is 2.34. The second-order valence-corrected chi connectivity index (χ2v) is 2.92. The fraction of sp³-hybridized carbons (Fsp3) is 0.571. The number of hydrogen-bond donors (Lipinski definition) is 2. The fourth-order valence-corrected chi connectivity index (χ4v) is 1.03. The molecule has 2 unspecified atom stereocenters. The van der Waals surface area contributed by atoms with Crippen molar-refractivity contribution in [1.82, 2.24) is 5.32 Å². The standard InChI is InChI=1S/C7H9F3N2O/c1-3-6(11)4(13)2-5(12-3)7(8,9)10/h2-3,6,12H,11H2,1H3. The highest BCUT2D eigenvalue weighted by molar-refractivity contribution is 5.96. The van der Waals surface area contributed by atoms with Gasteiger partial charge in [0.05, 0.1) is 6.04 Å². The minimum Gasteiger partial charge on any atom is -0.376 e. The highest BCUT2D eigenvalue weighted by Crippen LogP contribution is 2.25. The molecule has 2 atom stereocenters. The van der Waals surface area contributed by atoms with Crippen molar-refractivity contribution < 1.29 is 18.0 Å². The monoisotopic (exact) mass is 194 g/mol. The van der Waals surface area contributed by atoms with Gasteiger partial charge in [-0.3, -0.25) is 4.79 Å². The Morgan fingerprint density at radius 3 is 2.46 bits per heavy atom. The van der Waals surface area contributed by atoms with Gasteiger partial charge in [0.1, 0.15) is 5.70 Å². The van der Waals surface area contributed by atoms with Crippen LogP contribution in [0.25, 0.3) is 0 Å². The quantitative estimate of drug-likeness (QED) is 0.584. The van der Waals surface area contributed by atoms with Gasteiger partial charge >= 0.3 is 6.18 Å². The Morgan fingerprint density at radius 1 is 1.54 bits per heavy atom. The third-order valence-corrected chi connectivity index (χ3v) is 1.84. The van der Waals surface area contributed by atoms with Crippen LogP contribution < -0.4 is 11.1 Å². The second-order valence-electron chi connectivity index (χ2n) is 2.92. The van der Waals surface area contributed by atoms with Crippen molar-refractivity contribution in [2.24, 2.45) is 5.73 Å². The molecule has 0 aliphatic carbocycles. The smallest absolute Gasteiger partial charge is 0.376 e. The van der Waals surface area contributed by atoms with Crippen molar-refractivity contribution in [3.63, 3.8) is 0 Å². The zero-order valence-corrected chi connectivity index (χ0v) is 6.85. The molecule has 0 saturated heterocycles. The molecule has 0 amide bonds. The molecule has 1 rings (SSSR count). The summed E-state index contributed by atoms with van der Waals surface area (Å²) in [6, 6.07) is -1.58. The van der Waals surface area contributed by atoms with Gasteiger partial charge in [-0.25, -0.2) is 0 Å². The molecule has 0 radical (unpaired) electrons. The molecule has 6 heteroatoms. The average Bonchev–Trinajstić information content (AvgIpc) is 1.97. The summed E-state index contributed by atoms with van der Waals surface area (Å²) in [6.45, 7) is 1.43. The van der Waals surface area contributed by atoms with Crippen LogP contribution in [0.1, 0.15) is 6.92 Å². The average molecular weight is 194 g/mol. The maximum absolute atomic E-state index is 12.1. The molecule has 1 aliphatic heterocycles. The Hall–Kier alpha value is -1.04. The number of carbonyl (C=O) groups is 1. The molecule has 3 nitrogen and oxygen atoms in total. The van der Waals surface area contributed by atoms with Crippen LogP contribution in [0.3, 0.4) is 0 Å². The van der Waals surface area contributed by atoms with Crippen molar-refractivity contribution in [3.05, 3.63) is 11.8 Å². The second kappa shape index (κ2) is 3.02. The van der Waals surface area contributed by atoms with E-state index < -0.39 is 29.7 Å². The molecule has 1 aliphatic rings. The molecule has 74 valence electrons. The van der Waals surface area contributed by atoms with Crippen LogP contribution in [0.5, 0.6) is 0 Å². The fourth-order valence-electron chi connectivity index (χ4n) is 1.03. The first kappa shape index (κ1) is 10.0. The lowest BCUT2D eigenvalue weighted by molar-refractivity contribution is -0.121. The number of hydrogen-bond acceptors (Lipinski definition) is 3. The van der Waals surface area contributed by atoms with Crippen LogP contribution in [0.4, 0.5) is 13.2 Å². The van der Waals surface area contributed by atoms with Crippen LogP contribution in [0.2, 0.25) is 0 Å². The molecule has 0 saturated carbocycles. The molecule has 0 fully saturated rings. The molecule has 3 N–H and O–H groups in total. The van der Waals surface area contributed by atoms with Gasteiger partial charge in [-0.05, 0) is 6.92 Å². The minimum absolute atomic E-state index is 0.505. The lowest BCUT2D eigenvalue weighted by atomic mass is 10.0. The first-order chi connectivity index (χ1) is 5.82. The Balaban J connectivity index is 2.92. The SMILES string of the molecule is CC1NC(C(F)(F)F)=CC(=O)C1N. The van der Waals surface area contributed by atoms with Gasteiger partial charge in [0.2, 0.25) is 0 Å². The van der Waals surface area contributed by atoms with Crippen LogP contribution in [-0.2, 0) is 4.79 Å². The largest absolute Gasteiger partial charge is 0.431 e. The molecule has 13 heavy (non-hydrogen) atoms. The Bertz CT molecular complexity index is 259. The molecule has 0 aromatic carbocycles. The third-order valence-electron chi connectivity index (χ3n) is 1.84. The summed E-state index contributed by atoms with van der Waals surface area (Å²) in [5.41, 5.74) is 4.28. The third kappa shape index (κ3) is 2.00. The molecule has 1 heterocycles. The molecule has 0 aromatic heterocycles. The van der Waals surface area contributed by atoms with Crippen molar-refractivity contribution in [1.29, 1.82) is 0 Å². The van der Waals surface area contributed by atoms with Crippen LogP contribution in [0.15, 0.2) is 11.8 Å².